The highest BCUT2D eigenvalue weighted by atomic mass is 35.5. The van der Waals surface area contributed by atoms with Crippen LogP contribution in [0.5, 0.6) is 5.75 Å². The van der Waals surface area contributed by atoms with E-state index in [0.717, 1.165) is 23.8 Å². The molecule has 104 valence electrons. The van der Waals surface area contributed by atoms with Gasteiger partial charge in [0.1, 0.15) is 6.29 Å². The highest BCUT2D eigenvalue weighted by Gasteiger charge is 2.08. The first-order valence-electron chi connectivity index (χ1n) is 6.22. The first-order chi connectivity index (χ1) is 9.60. The maximum Gasteiger partial charge on any atom is 0.156 e. The van der Waals surface area contributed by atoms with Gasteiger partial charge in [-0.25, -0.2) is 0 Å². The summed E-state index contributed by atoms with van der Waals surface area (Å²) < 4.78 is 5.65. The van der Waals surface area contributed by atoms with E-state index in [0.29, 0.717) is 28.0 Å². The number of carbonyl (C=O) groups is 1. The largest absolute Gasteiger partial charge is 0.490 e. The summed E-state index contributed by atoms with van der Waals surface area (Å²) in [4.78, 5) is 10.6. The first kappa shape index (κ1) is 14.9. The molecule has 2 aromatic rings. The Morgan fingerprint density at radius 1 is 1.10 bits per heavy atom. The number of halogens is 2. The van der Waals surface area contributed by atoms with Crippen molar-refractivity contribution in [2.75, 3.05) is 6.61 Å². The standard InChI is InChI=1S/C16H14Cl2O2/c1-11-8-14(17)16(15(18)9-11)20-7-6-12-2-4-13(10-19)5-3-12/h2-5,8-10H,6-7H2,1H3. The molecular weight excluding hydrogens is 295 g/mol. The number of ether oxygens (including phenoxy) is 1. The van der Waals surface area contributed by atoms with Gasteiger partial charge >= 0.3 is 0 Å². The minimum atomic E-state index is 0.475. The van der Waals surface area contributed by atoms with Gasteiger partial charge in [-0.05, 0) is 30.2 Å². The molecule has 0 N–H and O–H groups in total. The van der Waals surface area contributed by atoms with E-state index in [4.69, 9.17) is 27.9 Å². The van der Waals surface area contributed by atoms with Crippen LogP contribution in [-0.2, 0) is 6.42 Å². The van der Waals surface area contributed by atoms with E-state index in [1.54, 1.807) is 12.1 Å². The smallest absolute Gasteiger partial charge is 0.156 e. The normalized spacial score (nSPS) is 10.3. The van der Waals surface area contributed by atoms with Crippen LogP contribution in [-0.4, -0.2) is 12.9 Å². The molecule has 0 radical (unpaired) electrons. The molecule has 0 atom stereocenters. The van der Waals surface area contributed by atoms with Crippen LogP contribution in [0.4, 0.5) is 0 Å². The van der Waals surface area contributed by atoms with Crippen molar-refractivity contribution in [3.63, 3.8) is 0 Å². The zero-order valence-corrected chi connectivity index (χ0v) is 12.5. The first-order valence-corrected chi connectivity index (χ1v) is 6.98. The predicted octanol–water partition coefficient (Wildman–Crippen LogP) is 4.74. The predicted molar refractivity (Wildman–Crippen MR) is 82.2 cm³/mol. The van der Waals surface area contributed by atoms with Crippen LogP contribution in [0.1, 0.15) is 21.5 Å². The lowest BCUT2D eigenvalue weighted by atomic mass is 10.1. The lowest BCUT2D eigenvalue weighted by molar-refractivity contribution is 0.112. The highest BCUT2D eigenvalue weighted by molar-refractivity contribution is 6.37. The van der Waals surface area contributed by atoms with Crippen molar-refractivity contribution in [3.8, 4) is 5.75 Å². The molecule has 2 nitrogen and oxygen atoms in total. The van der Waals surface area contributed by atoms with Crippen molar-refractivity contribution in [2.24, 2.45) is 0 Å². The van der Waals surface area contributed by atoms with Crippen LogP contribution in [0.3, 0.4) is 0 Å². The van der Waals surface area contributed by atoms with Crippen molar-refractivity contribution in [2.45, 2.75) is 13.3 Å². The van der Waals surface area contributed by atoms with Gasteiger partial charge in [-0.3, -0.25) is 4.79 Å². The Balaban J connectivity index is 1.97. The molecule has 2 aromatic carbocycles. The van der Waals surface area contributed by atoms with Crippen LogP contribution in [0, 0.1) is 6.92 Å². The third kappa shape index (κ3) is 3.75. The molecular formula is C16H14Cl2O2. The van der Waals surface area contributed by atoms with E-state index in [-0.39, 0.29) is 0 Å². The summed E-state index contributed by atoms with van der Waals surface area (Å²) in [5, 5.41) is 1.04. The second-order valence-electron chi connectivity index (χ2n) is 4.52. The van der Waals surface area contributed by atoms with E-state index >= 15 is 0 Å². The second-order valence-corrected chi connectivity index (χ2v) is 5.33. The Hall–Kier alpha value is -1.51. The Labute approximate surface area is 128 Å². The molecule has 0 saturated carbocycles. The molecule has 0 amide bonds. The summed E-state index contributed by atoms with van der Waals surface area (Å²) in [5.74, 6) is 0.517. The van der Waals surface area contributed by atoms with Crippen LogP contribution >= 0.6 is 23.2 Å². The van der Waals surface area contributed by atoms with Gasteiger partial charge in [-0.1, -0.05) is 47.5 Å². The molecule has 20 heavy (non-hydrogen) atoms. The lowest BCUT2D eigenvalue weighted by Gasteiger charge is -2.11. The zero-order chi connectivity index (χ0) is 14.5. The van der Waals surface area contributed by atoms with Crippen LogP contribution < -0.4 is 4.74 Å². The van der Waals surface area contributed by atoms with Gasteiger partial charge in [-0.15, -0.1) is 0 Å². The zero-order valence-electron chi connectivity index (χ0n) is 11.0. The molecule has 0 heterocycles. The van der Waals surface area contributed by atoms with Gasteiger partial charge < -0.3 is 4.74 Å². The lowest BCUT2D eigenvalue weighted by Crippen LogP contribution is -2.02. The van der Waals surface area contributed by atoms with Crippen molar-refractivity contribution < 1.29 is 9.53 Å². The number of rotatable bonds is 5. The average Bonchev–Trinajstić information content (AvgIpc) is 2.42. The highest BCUT2D eigenvalue weighted by Crippen LogP contribution is 2.34. The van der Waals surface area contributed by atoms with Crippen molar-refractivity contribution in [1.29, 1.82) is 0 Å². The summed E-state index contributed by atoms with van der Waals surface area (Å²) in [6, 6.07) is 11.0. The van der Waals surface area contributed by atoms with Crippen molar-refractivity contribution in [1.82, 2.24) is 0 Å². The van der Waals surface area contributed by atoms with Crippen molar-refractivity contribution >= 4 is 29.5 Å². The topological polar surface area (TPSA) is 26.3 Å². The van der Waals surface area contributed by atoms with Gasteiger partial charge in [0.15, 0.2) is 5.75 Å². The number of aryl methyl sites for hydroxylation is 1. The maximum absolute atomic E-state index is 10.6. The fourth-order valence-electron chi connectivity index (χ4n) is 1.86. The Kier molecular flexibility index (Phi) is 5.05. The molecule has 0 bridgehead atoms. The second kappa shape index (κ2) is 6.78. The van der Waals surface area contributed by atoms with Crippen LogP contribution in [0.2, 0.25) is 10.0 Å². The third-order valence-corrected chi connectivity index (χ3v) is 3.46. The summed E-state index contributed by atoms with van der Waals surface area (Å²) in [7, 11) is 0. The maximum atomic E-state index is 10.6. The fourth-order valence-corrected chi connectivity index (χ4v) is 2.56. The number of benzene rings is 2. The fraction of sp³-hybridized carbons (Fsp3) is 0.188. The molecule has 0 aliphatic carbocycles. The summed E-state index contributed by atoms with van der Waals surface area (Å²) in [6.07, 6.45) is 1.55. The Morgan fingerprint density at radius 3 is 2.25 bits per heavy atom. The number of hydrogen-bond acceptors (Lipinski definition) is 2. The van der Waals surface area contributed by atoms with E-state index in [1.165, 1.54) is 0 Å². The summed E-state index contributed by atoms with van der Waals surface area (Å²) in [5.41, 5.74) is 2.76. The monoisotopic (exact) mass is 308 g/mol. The molecule has 0 aliphatic heterocycles. The third-order valence-electron chi connectivity index (χ3n) is 2.90. The number of aldehydes is 1. The Morgan fingerprint density at radius 2 is 1.70 bits per heavy atom. The molecule has 2 rings (SSSR count). The summed E-state index contributed by atoms with van der Waals surface area (Å²) in [6.45, 7) is 2.40. The minimum absolute atomic E-state index is 0.475. The molecule has 0 fully saturated rings. The molecule has 0 saturated heterocycles. The SMILES string of the molecule is Cc1cc(Cl)c(OCCc2ccc(C=O)cc2)c(Cl)c1. The van der Waals surface area contributed by atoms with E-state index in [1.807, 2.05) is 31.2 Å². The molecule has 0 spiro atoms. The van der Waals surface area contributed by atoms with Crippen LogP contribution in [0.15, 0.2) is 36.4 Å². The molecule has 0 unspecified atom stereocenters. The average molecular weight is 309 g/mol. The van der Waals surface area contributed by atoms with E-state index < -0.39 is 0 Å². The van der Waals surface area contributed by atoms with E-state index in [9.17, 15) is 4.79 Å². The van der Waals surface area contributed by atoms with Crippen molar-refractivity contribution in [3.05, 3.63) is 63.1 Å². The molecule has 0 aliphatic rings. The van der Waals surface area contributed by atoms with E-state index in [2.05, 4.69) is 0 Å². The van der Waals surface area contributed by atoms with Gasteiger partial charge in [-0.2, -0.15) is 0 Å². The number of carbonyl (C=O) groups excluding carboxylic acids is 1. The Bertz CT molecular complexity index is 583. The van der Waals surface area contributed by atoms with Gasteiger partial charge in [0.05, 0.1) is 16.7 Å². The molecule has 4 heteroatoms. The summed E-state index contributed by atoms with van der Waals surface area (Å²) >= 11 is 12.2. The molecule has 0 aromatic heterocycles. The number of hydrogen-bond donors (Lipinski definition) is 0. The van der Waals surface area contributed by atoms with Gasteiger partial charge in [0.2, 0.25) is 0 Å². The van der Waals surface area contributed by atoms with Crippen LogP contribution in [0.25, 0.3) is 0 Å². The quantitative estimate of drug-likeness (QED) is 0.746. The minimum Gasteiger partial charge on any atom is -0.490 e. The van der Waals surface area contributed by atoms with Gasteiger partial charge in [0, 0.05) is 12.0 Å². The van der Waals surface area contributed by atoms with Gasteiger partial charge in [0.25, 0.3) is 0 Å².